The van der Waals surface area contributed by atoms with Crippen LogP contribution in [0.4, 0.5) is 0 Å². The first-order valence-electron chi connectivity index (χ1n) is 20.4. The van der Waals surface area contributed by atoms with E-state index in [1.165, 1.54) is 13.8 Å². The molecule has 1 rings (SSSR count). The zero-order chi connectivity index (χ0) is 49.0. The van der Waals surface area contributed by atoms with Crippen molar-refractivity contribution in [2.75, 3.05) is 25.4 Å². The third kappa shape index (κ3) is 18.5. The molecule has 1 aliphatic heterocycles. The van der Waals surface area contributed by atoms with Crippen LogP contribution in [0.1, 0.15) is 73.1 Å². The number of carboxylic acid groups (broad SMARTS) is 2. The number of nitrogens with two attached hydrogens (primary N) is 3. The van der Waals surface area contributed by atoms with E-state index in [1.807, 2.05) is 0 Å². The highest BCUT2D eigenvalue weighted by Gasteiger charge is 2.41. The van der Waals surface area contributed by atoms with Crippen molar-refractivity contribution in [2.45, 2.75) is 134 Å². The highest BCUT2D eigenvalue weighted by atomic mass is 32.1. The summed E-state index contributed by atoms with van der Waals surface area (Å²) in [5.74, 6) is -10.9. The number of amides is 8. The molecular weight excluding hydrogens is 869 g/mol. The molecule has 0 radical (unpaired) electrons. The van der Waals surface area contributed by atoms with E-state index in [1.54, 1.807) is 13.8 Å². The molecular formula is C37H64N12O14S. The molecule has 27 heteroatoms. The lowest BCUT2D eigenvalue weighted by molar-refractivity contribution is -0.144. The number of hydrogen-bond acceptors (Lipinski definition) is 15. The van der Waals surface area contributed by atoms with Gasteiger partial charge in [-0.3, -0.25) is 48.1 Å². The predicted octanol–water partition coefficient (Wildman–Crippen LogP) is -6.30. The second-order valence-electron chi connectivity index (χ2n) is 15.5. The van der Waals surface area contributed by atoms with E-state index < -0.39 is 145 Å². The maximum absolute atomic E-state index is 13.6. The van der Waals surface area contributed by atoms with Gasteiger partial charge in [0.2, 0.25) is 47.3 Å². The normalized spacial score (nSPS) is 17.7. The van der Waals surface area contributed by atoms with Crippen LogP contribution in [-0.2, 0) is 47.9 Å². The van der Waals surface area contributed by atoms with E-state index in [0.29, 0.717) is 6.42 Å². The van der Waals surface area contributed by atoms with E-state index >= 15 is 0 Å². The maximum Gasteiger partial charge on any atom is 0.326 e. The minimum atomic E-state index is -1.78. The standard InChI is InChI=1S/C37H64N12O14S/c1-16(2)26(36(62)63)47-29(55)18(4)42-28(54)17(3)43-31(57)21(10-11-25(52)53)44-34(60)27(19(5)51)48-33(59)24-9-7-13-49(24)35(61)22(14-50)45-32(58)23(15-64)46-30(56)20(38)8-6-12-41-37(39)40/h16-24,26-27,50-51,64H,6-15,38H2,1-5H3,(H,42,54)(H,43,57)(H,44,60)(H,45,58)(H,46,56)(H,47,55)(H,48,59)(H,52,53)(H,62,63)(H4,39,40,41)/t17-,18-,19+,20-,21-,22-,23-,24-,26-,27-/m0/s1. The fourth-order valence-corrected chi connectivity index (χ4v) is 6.37. The fraction of sp³-hybridized carbons (Fsp3) is 0.703. The summed E-state index contributed by atoms with van der Waals surface area (Å²) in [4.78, 5) is 133. The third-order valence-corrected chi connectivity index (χ3v) is 10.2. The van der Waals surface area contributed by atoms with E-state index in [-0.39, 0.29) is 44.1 Å². The molecule has 0 spiro atoms. The topological polar surface area (TPSA) is 429 Å². The molecule has 0 aliphatic carbocycles. The quantitative estimate of drug-likeness (QED) is 0.0158. The number of likely N-dealkylation sites (tertiary alicyclic amines) is 1. The lowest BCUT2D eigenvalue weighted by Gasteiger charge is -2.30. The van der Waals surface area contributed by atoms with Crippen LogP contribution >= 0.6 is 12.6 Å². The summed E-state index contributed by atoms with van der Waals surface area (Å²) in [5.41, 5.74) is 16.5. The van der Waals surface area contributed by atoms with Crippen molar-refractivity contribution in [1.29, 1.82) is 0 Å². The molecule has 1 saturated heterocycles. The Hall–Kier alpha value is -5.80. The van der Waals surface area contributed by atoms with Crippen molar-refractivity contribution in [3.63, 3.8) is 0 Å². The number of aliphatic hydroxyl groups is 2. The minimum absolute atomic E-state index is 0.0241. The van der Waals surface area contributed by atoms with Gasteiger partial charge < -0.3 is 79.7 Å². The molecule has 0 saturated carbocycles. The summed E-state index contributed by atoms with van der Waals surface area (Å²) in [6, 6.07) is -12.5. The number of carbonyl (C=O) groups is 10. The van der Waals surface area contributed by atoms with Crippen molar-refractivity contribution in [3.8, 4) is 0 Å². The van der Waals surface area contributed by atoms with Gasteiger partial charge in [-0.05, 0) is 58.8 Å². The van der Waals surface area contributed by atoms with Crippen LogP contribution in [0.3, 0.4) is 0 Å². The molecule has 0 aromatic rings. The molecule has 0 bridgehead atoms. The Kier molecular flexibility index (Phi) is 24.1. The number of carboxylic acids is 2. The second-order valence-corrected chi connectivity index (χ2v) is 15.8. The summed E-state index contributed by atoms with van der Waals surface area (Å²) < 4.78 is 0. The highest BCUT2D eigenvalue weighted by Crippen LogP contribution is 2.19. The lowest BCUT2D eigenvalue weighted by Crippen LogP contribution is -2.62. The molecule has 10 atom stereocenters. The first-order chi connectivity index (χ1) is 29.9. The summed E-state index contributed by atoms with van der Waals surface area (Å²) in [6.07, 6.45) is -1.96. The molecule has 1 heterocycles. The number of aliphatic carboxylic acids is 2. The number of aliphatic imine (C=N–C) groups is 1. The van der Waals surface area contributed by atoms with Crippen molar-refractivity contribution < 1.29 is 68.4 Å². The van der Waals surface area contributed by atoms with Crippen molar-refractivity contribution in [1.82, 2.24) is 42.1 Å². The van der Waals surface area contributed by atoms with Crippen molar-refractivity contribution >= 4 is 77.8 Å². The molecule has 362 valence electrons. The number of aliphatic hydroxyl groups excluding tert-OH is 2. The smallest absolute Gasteiger partial charge is 0.326 e. The Morgan fingerprint density at radius 2 is 1.27 bits per heavy atom. The monoisotopic (exact) mass is 932 g/mol. The summed E-state index contributed by atoms with van der Waals surface area (Å²) in [6.45, 7) is 6.02. The lowest BCUT2D eigenvalue weighted by atomic mass is 10.0. The number of carbonyl (C=O) groups excluding carboxylic acids is 8. The number of rotatable bonds is 27. The molecule has 1 fully saturated rings. The molecule has 64 heavy (non-hydrogen) atoms. The van der Waals surface area contributed by atoms with Crippen LogP contribution in [0, 0.1) is 5.92 Å². The van der Waals surface area contributed by atoms with Gasteiger partial charge in [-0.2, -0.15) is 12.6 Å². The largest absolute Gasteiger partial charge is 0.481 e. The molecule has 8 amide bonds. The number of thiol groups is 1. The summed E-state index contributed by atoms with van der Waals surface area (Å²) in [7, 11) is 0. The zero-order valence-electron chi connectivity index (χ0n) is 36.4. The molecule has 0 unspecified atom stereocenters. The Morgan fingerprint density at radius 3 is 1.78 bits per heavy atom. The molecule has 26 nitrogen and oxygen atoms in total. The van der Waals surface area contributed by atoms with Gasteiger partial charge in [0.1, 0.15) is 48.3 Å². The van der Waals surface area contributed by atoms with Gasteiger partial charge in [-0.15, -0.1) is 0 Å². The Bertz CT molecular complexity index is 1720. The number of nitrogens with one attached hydrogen (secondary N) is 7. The number of guanidine groups is 1. The summed E-state index contributed by atoms with van der Waals surface area (Å²) >= 11 is 4.10. The van der Waals surface area contributed by atoms with Gasteiger partial charge in [0.25, 0.3) is 0 Å². The van der Waals surface area contributed by atoms with Crippen LogP contribution < -0.4 is 54.4 Å². The number of nitrogens with zero attached hydrogens (tertiary/aromatic N) is 2. The second kappa shape index (κ2) is 27.4. The minimum Gasteiger partial charge on any atom is -0.481 e. The van der Waals surface area contributed by atoms with E-state index in [0.717, 1.165) is 11.8 Å². The van der Waals surface area contributed by atoms with Gasteiger partial charge in [-0.25, -0.2) is 4.79 Å². The predicted molar refractivity (Wildman–Crippen MR) is 229 cm³/mol. The van der Waals surface area contributed by atoms with Gasteiger partial charge in [-0.1, -0.05) is 13.8 Å². The zero-order valence-corrected chi connectivity index (χ0v) is 37.3. The van der Waals surface area contributed by atoms with Crippen molar-refractivity contribution in [3.05, 3.63) is 0 Å². The van der Waals surface area contributed by atoms with E-state index in [9.17, 15) is 68.4 Å². The first-order valence-corrected chi connectivity index (χ1v) is 21.1. The van der Waals surface area contributed by atoms with Gasteiger partial charge in [0.15, 0.2) is 5.96 Å². The SMILES string of the molecule is CC(C)[C@H](NC(=O)[C@H](C)NC(=O)[C@H](C)NC(=O)[C@H](CCC(=O)O)NC(=O)[C@@H](NC(=O)[C@@H]1CCCN1C(=O)[C@H](CO)NC(=O)[C@H](CS)NC(=O)[C@@H](N)CCCN=C(N)N)[C@@H](C)O)C(=O)O. The molecule has 17 N–H and O–H groups in total. The maximum atomic E-state index is 13.6. The van der Waals surface area contributed by atoms with Crippen LogP contribution in [0.25, 0.3) is 0 Å². The molecule has 0 aromatic heterocycles. The van der Waals surface area contributed by atoms with Crippen LogP contribution in [0.5, 0.6) is 0 Å². The third-order valence-electron chi connectivity index (χ3n) is 9.83. The Balaban J connectivity index is 3.05. The average Bonchev–Trinajstić information content (AvgIpc) is 3.72. The first kappa shape index (κ1) is 56.2. The molecule has 0 aromatic carbocycles. The average molecular weight is 933 g/mol. The van der Waals surface area contributed by atoms with E-state index in [4.69, 9.17) is 17.2 Å². The van der Waals surface area contributed by atoms with Gasteiger partial charge >= 0.3 is 11.9 Å². The van der Waals surface area contributed by atoms with Gasteiger partial charge in [0.05, 0.1) is 18.8 Å². The Labute approximate surface area is 374 Å². The van der Waals surface area contributed by atoms with Crippen LogP contribution in [0.2, 0.25) is 0 Å². The fourth-order valence-electron chi connectivity index (χ4n) is 6.11. The number of hydrogen-bond donors (Lipinski definition) is 15. The van der Waals surface area contributed by atoms with E-state index in [2.05, 4.69) is 54.8 Å². The van der Waals surface area contributed by atoms with Crippen LogP contribution in [0.15, 0.2) is 4.99 Å². The van der Waals surface area contributed by atoms with Crippen molar-refractivity contribution in [2.24, 2.45) is 28.1 Å². The highest BCUT2D eigenvalue weighted by molar-refractivity contribution is 7.80. The summed E-state index contributed by atoms with van der Waals surface area (Å²) in [5, 5.41) is 55.6. The molecule has 1 aliphatic rings. The van der Waals surface area contributed by atoms with Gasteiger partial charge in [0, 0.05) is 25.3 Å². The van der Waals surface area contributed by atoms with Crippen LogP contribution in [-0.4, -0.2) is 176 Å². The Morgan fingerprint density at radius 1 is 0.719 bits per heavy atom.